The Bertz CT molecular complexity index is 503. The predicted molar refractivity (Wildman–Crippen MR) is 78.2 cm³/mol. The van der Waals surface area contributed by atoms with Gasteiger partial charge < -0.3 is 5.11 Å². The van der Waals surface area contributed by atoms with Crippen LogP contribution in [0.5, 0.6) is 0 Å². The molecular formula is C16H27N3O. The lowest BCUT2D eigenvalue weighted by Crippen LogP contribution is -2.56. The molecule has 1 aromatic rings. The molecule has 20 heavy (non-hydrogen) atoms. The first-order valence-corrected chi connectivity index (χ1v) is 7.93. The number of aliphatic hydroxyl groups is 1. The van der Waals surface area contributed by atoms with Crippen molar-refractivity contribution >= 4 is 0 Å². The molecule has 1 N–H and O–H groups in total. The summed E-state index contributed by atoms with van der Waals surface area (Å²) < 4.78 is 1.96. The van der Waals surface area contributed by atoms with Gasteiger partial charge in [-0.25, -0.2) is 4.98 Å². The normalized spacial score (nSPS) is 38.5. The van der Waals surface area contributed by atoms with Gasteiger partial charge in [0.25, 0.3) is 0 Å². The summed E-state index contributed by atoms with van der Waals surface area (Å²) in [6, 6.07) is 0. The topological polar surface area (TPSA) is 50.9 Å². The first-order valence-electron chi connectivity index (χ1n) is 7.93. The van der Waals surface area contributed by atoms with Crippen LogP contribution in [0, 0.1) is 16.7 Å². The Balaban J connectivity index is 1.94. The van der Waals surface area contributed by atoms with Gasteiger partial charge in [-0.1, -0.05) is 27.7 Å². The van der Waals surface area contributed by atoms with Crippen LogP contribution in [0.4, 0.5) is 0 Å². The second kappa shape index (κ2) is 4.30. The lowest BCUT2D eigenvalue weighted by Gasteiger charge is -2.50. The predicted octanol–water partition coefficient (Wildman–Crippen LogP) is 2.81. The van der Waals surface area contributed by atoms with Crippen molar-refractivity contribution < 1.29 is 5.11 Å². The highest BCUT2D eigenvalue weighted by atomic mass is 16.3. The molecule has 2 bridgehead atoms. The molecule has 2 fully saturated rings. The van der Waals surface area contributed by atoms with Crippen LogP contribution >= 0.6 is 0 Å². The molecule has 2 saturated carbocycles. The summed E-state index contributed by atoms with van der Waals surface area (Å²) in [7, 11) is 0. The van der Waals surface area contributed by atoms with Gasteiger partial charge in [-0.15, -0.1) is 0 Å². The van der Waals surface area contributed by atoms with Crippen molar-refractivity contribution in [1.29, 1.82) is 0 Å². The number of aryl methyl sites for hydroxylation is 1. The van der Waals surface area contributed by atoms with Gasteiger partial charge in [0.1, 0.15) is 12.2 Å². The minimum Gasteiger partial charge on any atom is -0.388 e. The fourth-order valence-electron chi connectivity index (χ4n) is 4.84. The molecule has 1 aromatic heterocycles. The average molecular weight is 277 g/mol. The Morgan fingerprint density at radius 1 is 1.40 bits per heavy atom. The number of fused-ring (bicyclic) bond motifs is 2. The van der Waals surface area contributed by atoms with Gasteiger partial charge in [0.2, 0.25) is 0 Å². The number of rotatable bonds is 4. The van der Waals surface area contributed by atoms with E-state index in [4.69, 9.17) is 0 Å². The number of aromatic nitrogens is 3. The van der Waals surface area contributed by atoms with Crippen molar-refractivity contribution in [1.82, 2.24) is 14.8 Å². The average Bonchev–Trinajstić information content (AvgIpc) is 3.00. The van der Waals surface area contributed by atoms with E-state index in [9.17, 15) is 5.11 Å². The Labute approximate surface area is 121 Å². The van der Waals surface area contributed by atoms with Crippen molar-refractivity contribution in [2.45, 2.75) is 71.9 Å². The van der Waals surface area contributed by atoms with E-state index in [1.807, 2.05) is 4.68 Å². The monoisotopic (exact) mass is 277 g/mol. The molecular weight excluding hydrogens is 250 g/mol. The molecule has 112 valence electrons. The van der Waals surface area contributed by atoms with Crippen LogP contribution in [0.2, 0.25) is 0 Å². The molecule has 4 heteroatoms. The van der Waals surface area contributed by atoms with Gasteiger partial charge in [0.05, 0.1) is 5.60 Å². The van der Waals surface area contributed by atoms with Crippen molar-refractivity contribution in [3.63, 3.8) is 0 Å². The summed E-state index contributed by atoms with van der Waals surface area (Å²) in [6.07, 6.45) is 6.84. The Morgan fingerprint density at radius 3 is 2.75 bits per heavy atom. The summed E-state index contributed by atoms with van der Waals surface area (Å²) in [5, 5.41) is 15.9. The van der Waals surface area contributed by atoms with E-state index in [1.165, 1.54) is 6.42 Å². The van der Waals surface area contributed by atoms with E-state index in [-0.39, 0.29) is 10.8 Å². The van der Waals surface area contributed by atoms with Crippen LogP contribution in [-0.4, -0.2) is 25.5 Å². The molecule has 0 aliphatic heterocycles. The van der Waals surface area contributed by atoms with Crippen LogP contribution in [0.15, 0.2) is 6.33 Å². The summed E-state index contributed by atoms with van der Waals surface area (Å²) in [4.78, 5) is 4.42. The maximum atomic E-state index is 11.6. The molecule has 3 unspecified atom stereocenters. The third-order valence-corrected chi connectivity index (χ3v) is 6.37. The minimum atomic E-state index is -0.665. The van der Waals surface area contributed by atoms with E-state index in [1.54, 1.807) is 6.33 Å². The second-order valence-corrected chi connectivity index (χ2v) is 7.66. The molecule has 0 amide bonds. The SMILES string of the molecule is CCCn1ncnc1CC1(O)C2(C)CCC(C2)C1(C)C. The van der Waals surface area contributed by atoms with E-state index in [0.717, 1.165) is 31.6 Å². The second-order valence-electron chi connectivity index (χ2n) is 7.66. The van der Waals surface area contributed by atoms with Crippen LogP contribution in [0.25, 0.3) is 0 Å². The largest absolute Gasteiger partial charge is 0.388 e. The van der Waals surface area contributed by atoms with Gasteiger partial charge in [0, 0.05) is 13.0 Å². The molecule has 4 nitrogen and oxygen atoms in total. The van der Waals surface area contributed by atoms with E-state index in [2.05, 4.69) is 37.8 Å². The summed E-state index contributed by atoms with van der Waals surface area (Å²) in [6.45, 7) is 9.77. The molecule has 3 atom stereocenters. The lowest BCUT2D eigenvalue weighted by atomic mass is 9.59. The van der Waals surface area contributed by atoms with E-state index in [0.29, 0.717) is 12.3 Å². The Morgan fingerprint density at radius 2 is 2.15 bits per heavy atom. The summed E-state index contributed by atoms with van der Waals surface area (Å²) in [5.74, 6) is 1.58. The van der Waals surface area contributed by atoms with Crippen molar-refractivity contribution in [2.75, 3.05) is 0 Å². The molecule has 0 spiro atoms. The van der Waals surface area contributed by atoms with Crippen molar-refractivity contribution in [2.24, 2.45) is 16.7 Å². The first-order chi connectivity index (χ1) is 9.34. The molecule has 2 aliphatic rings. The quantitative estimate of drug-likeness (QED) is 0.920. The van der Waals surface area contributed by atoms with Crippen LogP contribution in [0.1, 0.15) is 59.2 Å². The van der Waals surface area contributed by atoms with E-state index >= 15 is 0 Å². The van der Waals surface area contributed by atoms with Crippen LogP contribution < -0.4 is 0 Å². The highest BCUT2D eigenvalue weighted by Gasteiger charge is 2.68. The number of hydrogen-bond donors (Lipinski definition) is 1. The van der Waals surface area contributed by atoms with Crippen LogP contribution in [-0.2, 0) is 13.0 Å². The molecule has 0 saturated heterocycles. The number of nitrogens with zero attached hydrogens (tertiary/aromatic N) is 3. The van der Waals surface area contributed by atoms with Gasteiger partial charge in [-0.2, -0.15) is 5.10 Å². The smallest absolute Gasteiger partial charge is 0.138 e. The fourth-order valence-corrected chi connectivity index (χ4v) is 4.84. The van der Waals surface area contributed by atoms with Gasteiger partial charge in [-0.05, 0) is 42.4 Å². The zero-order chi connectivity index (χ0) is 14.6. The molecule has 0 aromatic carbocycles. The fraction of sp³-hybridized carbons (Fsp3) is 0.875. The maximum Gasteiger partial charge on any atom is 0.138 e. The maximum absolute atomic E-state index is 11.6. The first kappa shape index (κ1) is 14.1. The Hall–Kier alpha value is -0.900. The lowest BCUT2D eigenvalue weighted by molar-refractivity contribution is -0.143. The summed E-state index contributed by atoms with van der Waals surface area (Å²) >= 11 is 0. The standard InChI is InChI=1S/C16H27N3O/c1-5-8-19-13(17-11-18-19)10-16(20)14(2,3)12-6-7-15(16,4)9-12/h11-12,20H,5-10H2,1-4H3. The van der Waals surface area contributed by atoms with Crippen molar-refractivity contribution in [3.05, 3.63) is 12.2 Å². The third-order valence-electron chi connectivity index (χ3n) is 6.37. The minimum absolute atomic E-state index is 0.0319. The summed E-state index contributed by atoms with van der Waals surface area (Å²) in [5.41, 5.74) is -0.672. The zero-order valence-electron chi connectivity index (χ0n) is 13.2. The number of hydrogen-bond acceptors (Lipinski definition) is 3. The molecule has 3 rings (SSSR count). The highest BCUT2D eigenvalue weighted by molar-refractivity contribution is 5.20. The van der Waals surface area contributed by atoms with E-state index < -0.39 is 5.60 Å². The van der Waals surface area contributed by atoms with Crippen LogP contribution in [0.3, 0.4) is 0 Å². The van der Waals surface area contributed by atoms with Gasteiger partial charge >= 0.3 is 0 Å². The Kier molecular flexibility index (Phi) is 3.02. The molecule has 0 radical (unpaired) electrons. The highest BCUT2D eigenvalue weighted by Crippen LogP contribution is 2.68. The van der Waals surface area contributed by atoms with Gasteiger partial charge in [-0.3, -0.25) is 4.68 Å². The molecule has 2 aliphatic carbocycles. The van der Waals surface area contributed by atoms with Gasteiger partial charge in [0.15, 0.2) is 0 Å². The van der Waals surface area contributed by atoms with Crippen molar-refractivity contribution in [3.8, 4) is 0 Å². The molecule has 1 heterocycles. The zero-order valence-corrected chi connectivity index (χ0v) is 13.2. The third kappa shape index (κ3) is 1.63.